The Morgan fingerprint density at radius 3 is 2.75 bits per heavy atom. The second-order valence-electron chi connectivity index (χ2n) is 6.00. The standard InChI is InChI=1S/C20H20N2O5S/c1-12-15(22-20(27-12)17-9-6-10-28-17)11-18(23)26-13(2)19(24)21-14-7-4-5-8-16(14)25-3/h4-10,13H,11H2,1-3H3,(H,21,24). The van der Waals surface area contributed by atoms with Gasteiger partial charge in [-0.25, -0.2) is 4.98 Å². The van der Waals surface area contributed by atoms with Gasteiger partial charge in [0.2, 0.25) is 5.89 Å². The van der Waals surface area contributed by atoms with E-state index in [1.807, 2.05) is 17.5 Å². The van der Waals surface area contributed by atoms with Crippen molar-refractivity contribution in [3.8, 4) is 16.5 Å². The summed E-state index contributed by atoms with van der Waals surface area (Å²) in [5.41, 5.74) is 0.997. The van der Waals surface area contributed by atoms with Crippen LogP contribution in [0.15, 0.2) is 46.2 Å². The fraction of sp³-hybridized carbons (Fsp3) is 0.250. The predicted octanol–water partition coefficient (Wildman–Crippen LogP) is 3.83. The van der Waals surface area contributed by atoms with Gasteiger partial charge in [0.25, 0.3) is 5.91 Å². The van der Waals surface area contributed by atoms with Gasteiger partial charge in [0.15, 0.2) is 6.10 Å². The van der Waals surface area contributed by atoms with Gasteiger partial charge in [-0.15, -0.1) is 11.3 Å². The maximum Gasteiger partial charge on any atom is 0.312 e. The first kappa shape index (κ1) is 19.6. The molecule has 3 rings (SSSR count). The van der Waals surface area contributed by atoms with Crippen LogP contribution in [-0.4, -0.2) is 30.1 Å². The lowest BCUT2D eigenvalue weighted by atomic mass is 10.2. The topological polar surface area (TPSA) is 90.7 Å². The number of oxazole rings is 1. The van der Waals surface area contributed by atoms with Crippen molar-refractivity contribution in [3.05, 3.63) is 53.2 Å². The Bertz CT molecular complexity index is 965. The first-order valence-electron chi connectivity index (χ1n) is 8.61. The second kappa shape index (κ2) is 8.71. The van der Waals surface area contributed by atoms with Crippen molar-refractivity contribution in [1.29, 1.82) is 0 Å². The lowest BCUT2D eigenvalue weighted by Gasteiger charge is -2.14. The minimum Gasteiger partial charge on any atom is -0.495 e. The molecule has 0 spiro atoms. The number of carbonyl (C=O) groups is 2. The number of nitrogens with zero attached hydrogens (tertiary/aromatic N) is 1. The molecule has 0 aliphatic carbocycles. The summed E-state index contributed by atoms with van der Waals surface area (Å²) in [6, 6.07) is 10.8. The molecule has 146 valence electrons. The van der Waals surface area contributed by atoms with E-state index in [1.165, 1.54) is 25.4 Å². The summed E-state index contributed by atoms with van der Waals surface area (Å²) < 4.78 is 16.1. The Labute approximate surface area is 166 Å². The molecule has 1 unspecified atom stereocenters. The van der Waals surface area contributed by atoms with E-state index in [1.54, 1.807) is 31.2 Å². The van der Waals surface area contributed by atoms with Crippen molar-refractivity contribution in [3.63, 3.8) is 0 Å². The average molecular weight is 400 g/mol. The molecule has 3 aromatic rings. The summed E-state index contributed by atoms with van der Waals surface area (Å²) in [4.78, 5) is 29.8. The third-order valence-corrected chi connectivity index (χ3v) is 4.84. The molecule has 1 atom stereocenters. The van der Waals surface area contributed by atoms with Crippen molar-refractivity contribution >= 4 is 28.9 Å². The monoisotopic (exact) mass is 400 g/mol. The van der Waals surface area contributed by atoms with Crippen molar-refractivity contribution < 1.29 is 23.5 Å². The number of aryl methyl sites for hydroxylation is 1. The molecule has 2 aromatic heterocycles. The van der Waals surface area contributed by atoms with Crippen LogP contribution in [0.25, 0.3) is 10.8 Å². The number of aromatic nitrogens is 1. The molecule has 1 amide bonds. The highest BCUT2D eigenvalue weighted by Crippen LogP contribution is 2.26. The quantitative estimate of drug-likeness (QED) is 0.606. The number of carbonyl (C=O) groups excluding carboxylic acids is 2. The fourth-order valence-electron chi connectivity index (χ4n) is 2.51. The van der Waals surface area contributed by atoms with Gasteiger partial charge < -0.3 is 19.2 Å². The number of rotatable bonds is 7. The summed E-state index contributed by atoms with van der Waals surface area (Å²) in [5.74, 6) is 0.531. The van der Waals surface area contributed by atoms with E-state index in [2.05, 4.69) is 10.3 Å². The minimum absolute atomic E-state index is 0.0764. The first-order chi connectivity index (χ1) is 13.5. The Kier molecular flexibility index (Phi) is 6.10. The lowest BCUT2D eigenvalue weighted by Crippen LogP contribution is -2.30. The molecular formula is C20H20N2O5S. The van der Waals surface area contributed by atoms with Crippen molar-refractivity contribution in [1.82, 2.24) is 4.98 Å². The van der Waals surface area contributed by atoms with Crippen LogP contribution in [0.3, 0.4) is 0 Å². The largest absolute Gasteiger partial charge is 0.495 e. The highest BCUT2D eigenvalue weighted by Gasteiger charge is 2.21. The molecule has 0 fully saturated rings. The van der Waals surface area contributed by atoms with E-state index < -0.39 is 18.0 Å². The number of anilines is 1. The molecule has 0 aliphatic rings. The summed E-state index contributed by atoms with van der Waals surface area (Å²) in [5, 5.41) is 4.61. The van der Waals surface area contributed by atoms with E-state index >= 15 is 0 Å². The number of nitrogens with one attached hydrogen (secondary N) is 1. The highest BCUT2D eigenvalue weighted by atomic mass is 32.1. The number of para-hydroxylation sites is 2. The Hall–Kier alpha value is -3.13. The van der Waals surface area contributed by atoms with Gasteiger partial charge in [-0.1, -0.05) is 18.2 Å². The van der Waals surface area contributed by atoms with E-state index in [9.17, 15) is 9.59 Å². The van der Waals surface area contributed by atoms with E-state index in [0.29, 0.717) is 28.8 Å². The molecule has 28 heavy (non-hydrogen) atoms. The summed E-state index contributed by atoms with van der Waals surface area (Å²) in [6.07, 6.45) is -1.05. The molecular weight excluding hydrogens is 380 g/mol. The van der Waals surface area contributed by atoms with E-state index in [0.717, 1.165) is 4.88 Å². The minimum atomic E-state index is -0.971. The van der Waals surface area contributed by atoms with Crippen LogP contribution >= 0.6 is 11.3 Å². The molecule has 0 saturated heterocycles. The second-order valence-corrected chi connectivity index (χ2v) is 6.95. The normalized spacial score (nSPS) is 11.7. The molecule has 0 bridgehead atoms. The average Bonchev–Trinajstić information content (AvgIpc) is 3.32. The van der Waals surface area contributed by atoms with Crippen LogP contribution in [0.5, 0.6) is 5.75 Å². The van der Waals surface area contributed by atoms with Crippen molar-refractivity contribution in [2.24, 2.45) is 0 Å². The lowest BCUT2D eigenvalue weighted by molar-refractivity contribution is -0.152. The maximum absolute atomic E-state index is 12.3. The van der Waals surface area contributed by atoms with Crippen LogP contribution in [0.2, 0.25) is 0 Å². The molecule has 0 aliphatic heterocycles. The number of amides is 1. The molecule has 1 aromatic carbocycles. The van der Waals surface area contributed by atoms with Gasteiger partial charge in [0, 0.05) is 0 Å². The van der Waals surface area contributed by atoms with Gasteiger partial charge in [-0.05, 0) is 37.4 Å². The number of hydrogen-bond acceptors (Lipinski definition) is 7. The third kappa shape index (κ3) is 4.58. The fourth-order valence-corrected chi connectivity index (χ4v) is 3.16. The number of thiophene rings is 1. The highest BCUT2D eigenvalue weighted by molar-refractivity contribution is 7.13. The van der Waals surface area contributed by atoms with Crippen LogP contribution in [-0.2, 0) is 20.7 Å². The van der Waals surface area contributed by atoms with Crippen LogP contribution in [0, 0.1) is 6.92 Å². The molecule has 1 N–H and O–H groups in total. The summed E-state index contributed by atoms with van der Waals surface area (Å²) >= 11 is 1.50. The smallest absolute Gasteiger partial charge is 0.312 e. The molecule has 8 heteroatoms. The zero-order valence-corrected chi connectivity index (χ0v) is 16.5. The van der Waals surface area contributed by atoms with Gasteiger partial charge in [0.1, 0.15) is 11.5 Å². The van der Waals surface area contributed by atoms with Gasteiger partial charge in [-0.3, -0.25) is 9.59 Å². The molecule has 7 nitrogen and oxygen atoms in total. The Morgan fingerprint density at radius 2 is 2.04 bits per heavy atom. The van der Waals surface area contributed by atoms with Crippen LogP contribution in [0.1, 0.15) is 18.4 Å². The van der Waals surface area contributed by atoms with Crippen LogP contribution < -0.4 is 10.1 Å². The van der Waals surface area contributed by atoms with Gasteiger partial charge in [-0.2, -0.15) is 0 Å². The molecule has 0 radical (unpaired) electrons. The Morgan fingerprint density at radius 1 is 1.25 bits per heavy atom. The predicted molar refractivity (Wildman–Crippen MR) is 105 cm³/mol. The van der Waals surface area contributed by atoms with Crippen LogP contribution in [0.4, 0.5) is 5.69 Å². The Balaban J connectivity index is 1.59. The number of ether oxygens (including phenoxy) is 2. The summed E-state index contributed by atoms with van der Waals surface area (Å²) in [7, 11) is 1.51. The zero-order chi connectivity index (χ0) is 20.1. The zero-order valence-electron chi connectivity index (χ0n) is 15.7. The molecule has 0 saturated carbocycles. The van der Waals surface area contributed by atoms with Crippen molar-refractivity contribution in [2.45, 2.75) is 26.4 Å². The number of methoxy groups -OCH3 is 1. The van der Waals surface area contributed by atoms with Gasteiger partial charge in [0.05, 0.1) is 29.8 Å². The SMILES string of the molecule is COc1ccccc1NC(=O)C(C)OC(=O)Cc1nc(-c2cccs2)oc1C. The molecule has 2 heterocycles. The maximum atomic E-state index is 12.3. The van der Waals surface area contributed by atoms with Crippen molar-refractivity contribution in [2.75, 3.05) is 12.4 Å². The number of hydrogen-bond donors (Lipinski definition) is 1. The third-order valence-electron chi connectivity index (χ3n) is 3.98. The van der Waals surface area contributed by atoms with E-state index in [4.69, 9.17) is 13.9 Å². The number of esters is 1. The van der Waals surface area contributed by atoms with Gasteiger partial charge >= 0.3 is 5.97 Å². The number of benzene rings is 1. The summed E-state index contributed by atoms with van der Waals surface area (Å²) in [6.45, 7) is 3.25. The first-order valence-corrected chi connectivity index (χ1v) is 9.49. The van der Waals surface area contributed by atoms with E-state index in [-0.39, 0.29) is 6.42 Å².